The molecule has 2 bridgehead atoms. The number of aromatic nitrogens is 1. The molecule has 4 aromatic rings. The van der Waals surface area contributed by atoms with Gasteiger partial charge in [-0.05, 0) is 48.6 Å². The summed E-state index contributed by atoms with van der Waals surface area (Å²) in [4.78, 5) is 50.7. The smallest absolute Gasteiger partial charge is 0.340 e. The van der Waals surface area contributed by atoms with Gasteiger partial charge in [0.1, 0.15) is 11.3 Å². The number of fused-ring (bicyclic) bond motifs is 5. The first kappa shape index (κ1) is 25.5. The topological polar surface area (TPSA) is 125 Å². The largest absolute Gasteiger partial charge is 0.484 e. The minimum atomic E-state index is -0.657. The number of amides is 1. The summed E-state index contributed by atoms with van der Waals surface area (Å²) in [6, 6.07) is 17.8. The van der Waals surface area contributed by atoms with Crippen LogP contribution < -0.4 is 15.9 Å². The van der Waals surface area contributed by atoms with E-state index in [9.17, 15) is 24.5 Å². The van der Waals surface area contributed by atoms with E-state index in [1.165, 1.54) is 10.6 Å². The lowest BCUT2D eigenvalue weighted by molar-refractivity contribution is -0.386. The number of nitrogens with zero attached hydrogens (tertiary/aromatic N) is 3. The van der Waals surface area contributed by atoms with E-state index in [2.05, 4.69) is 0 Å². The molecule has 4 heterocycles. The highest BCUT2D eigenvalue weighted by Gasteiger charge is 2.37. The highest BCUT2D eigenvalue weighted by Crippen LogP contribution is 2.35. The zero-order valence-electron chi connectivity index (χ0n) is 21.9. The summed E-state index contributed by atoms with van der Waals surface area (Å²) in [5.41, 5.74) is 2.18. The van der Waals surface area contributed by atoms with Crippen molar-refractivity contribution in [1.29, 1.82) is 0 Å². The molecule has 2 atom stereocenters. The fourth-order valence-electron chi connectivity index (χ4n) is 5.98. The van der Waals surface area contributed by atoms with Crippen molar-refractivity contribution in [2.45, 2.75) is 32.2 Å². The number of rotatable bonds is 6. The quantitative estimate of drug-likeness (QED) is 0.207. The van der Waals surface area contributed by atoms with Gasteiger partial charge in [-0.1, -0.05) is 30.3 Å². The van der Waals surface area contributed by atoms with E-state index < -0.39 is 21.8 Å². The van der Waals surface area contributed by atoms with E-state index in [-0.39, 0.29) is 24.3 Å². The molecule has 0 aliphatic carbocycles. The van der Waals surface area contributed by atoms with Crippen molar-refractivity contribution in [3.05, 3.63) is 114 Å². The summed E-state index contributed by atoms with van der Waals surface area (Å²) < 4.78 is 12.9. The van der Waals surface area contributed by atoms with Crippen LogP contribution in [0.5, 0.6) is 5.75 Å². The van der Waals surface area contributed by atoms with Crippen LogP contribution in [0.25, 0.3) is 11.0 Å². The molecule has 1 fully saturated rings. The van der Waals surface area contributed by atoms with Crippen LogP contribution in [-0.2, 0) is 17.8 Å². The number of benzene rings is 2. The van der Waals surface area contributed by atoms with Gasteiger partial charge in [-0.2, -0.15) is 0 Å². The average molecular weight is 542 g/mol. The minimum absolute atomic E-state index is 0.0258. The number of nitro groups is 1. The minimum Gasteiger partial charge on any atom is -0.484 e. The number of carbonyl (C=O) groups is 1. The van der Waals surface area contributed by atoms with Crippen LogP contribution >= 0.6 is 0 Å². The van der Waals surface area contributed by atoms with Gasteiger partial charge in [0.25, 0.3) is 5.91 Å². The molecule has 10 heteroatoms. The van der Waals surface area contributed by atoms with Gasteiger partial charge >= 0.3 is 16.9 Å². The molecule has 0 spiro atoms. The maximum atomic E-state index is 13.1. The van der Waals surface area contributed by atoms with E-state index in [0.717, 1.165) is 28.6 Å². The molecular weight excluding hydrogens is 514 g/mol. The number of carbonyl (C=O) groups excluding carboxylic acids is 1. The lowest BCUT2D eigenvalue weighted by Gasteiger charge is -2.42. The molecule has 2 aliphatic rings. The summed E-state index contributed by atoms with van der Waals surface area (Å²) in [7, 11) is 0. The Balaban J connectivity index is 1.15. The Bertz CT molecular complexity index is 1760. The van der Waals surface area contributed by atoms with Crippen molar-refractivity contribution in [2.24, 2.45) is 5.92 Å². The van der Waals surface area contributed by atoms with Crippen LogP contribution in [0.1, 0.15) is 34.7 Å². The summed E-state index contributed by atoms with van der Waals surface area (Å²) >= 11 is 0. The predicted octanol–water partition coefficient (Wildman–Crippen LogP) is 3.79. The van der Waals surface area contributed by atoms with Gasteiger partial charge < -0.3 is 18.6 Å². The normalized spacial score (nSPS) is 17.9. The number of ether oxygens (including phenoxy) is 1. The second-order valence-electron chi connectivity index (χ2n) is 10.5. The Morgan fingerprint density at radius 1 is 1.07 bits per heavy atom. The molecule has 204 valence electrons. The second-order valence-corrected chi connectivity index (χ2v) is 10.5. The van der Waals surface area contributed by atoms with Crippen molar-refractivity contribution in [3.8, 4) is 5.75 Å². The summed E-state index contributed by atoms with van der Waals surface area (Å²) in [6.07, 6.45) is 1.29. The van der Waals surface area contributed by atoms with E-state index in [1.807, 2.05) is 43.3 Å². The Morgan fingerprint density at radius 3 is 2.65 bits per heavy atom. The first-order valence-electron chi connectivity index (χ1n) is 13.2. The molecule has 2 aromatic carbocycles. The molecule has 0 N–H and O–H groups in total. The fraction of sp³-hybridized carbons (Fsp3) is 0.300. The number of piperidine rings is 1. The molecule has 2 aliphatic heterocycles. The van der Waals surface area contributed by atoms with Gasteiger partial charge in [0, 0.05) is 60.7 Å². The molecule has 10 nitrogen and oxygen atoms in total. The number of hydrogen-bond acceptors (Lipinski definition) is 7. The summed E-state index contributed by atoms with van der Waals surface area (Å²) in [5, 5.41) is 12.0. The number of hydrogen-bond donors (Lipinski definition) is 0. The van der Waals surface area contributed by atoms with Crippen molar-refractivity contribution in [3.63, 3.8) is 0 Å². The maximum Gasteiger partial charge on any atom is 0.340 e. The van der Waals surface area contributed by atoms with E-state index in [1.54, 1.807) is 23.1 Å². The molecule has 0 radical (unpaired) electrons. The monoisotopic (exact) mass is 541 g/mol. The van der Waals surface area contributed by atoms with Crippen LogP contribution in [0.15, 0.2) is 74.7 Å². The highest BCUT2D eigenvalue weighted by atomic mass is 16.6. The summed E-state index contributed by atoms with van der Waals surface area (Å²) in [5.74, 6) is 0.176. The standard InChI is InChI=1S/C30H27N3O7/c1-18-23-8-7-22(13-27(23)40-30(36)24(18)12-19-5-3-2-4-6-19)39-17-28(34)31-14-20-11-21(16-31)25-9-10-26(33(37)38)29(35)32(25)15-20/h2-10,13,20-21H,11-12,14-17H2,1H3/t20-,21-/m0/s1. The molecule has 0 unspecified atom stereocenters. The summed E-state index contributed by atoms with van der Waals surface area (Å²) in [6.45, 7) is 2.91. The first-order valence-corrected chi connectivity index (χ1v) is 13.2. The third kappa shape index (κ3) is 4.66. The van der Waals surface area contributed by atoms with Gasteiger partial charge in [-0.3, -0.25) is 19.7 Å². The maximum absolute atomic E-state index is 13.1. The lowest BCUT2D eigenvalue weighted by atomic mass is 9.83. The van der Waals surface area contributed by atoms with E-state index in [4.69, 9.17) is 9.15 Å². The van der Waals surface area contributed by atoms with Crippen LogP contribution in [0.2, 0.25) is 0 Å². The van der Waals surface area contributed by atoms with E-state index >= 15 is 0 Å². The average Bonchev–Trinajstić information content (AvgIpc) is 2.94. The number of aryl methyl sites for hydroxylation is 1. The predicted molar refractivity (Wildman–Crippen MR) is 147 cm³/mol. The molecular formula is C30H27N3O7. The number of pyridine rings is 1. The SMILES string of the molecule is Cc1c(Cc2ccccc2)c(=O)oc2cc(OCC(=O)N3C[C@@H]4C[C@@H](C3)c3ccc([N+](=O)[O-])c(=O)n3C4)ccc12. The number of likely N-dealkylation sites (tertiary alicyclic amines) is 1. The Kier molecular flexibility index (Phi) is 6.45. The van der Waals surface area contributed by atoms with Gasteiger partial charge in [0.05, 0.1) is 4.92 Å². The van der Waals surface area contributed by atoms with Crippen LogP contribution in [0.4, 0.5) is 5.69 Å². The van der Waals surface area contributed by atoms with Crippen LogP contribution in [0, 0.1) is 23.0 Å². The third-order valence-electron chi connectivity index (χ3n) is 7.98. The van der Waals surface area contributed by atoms with Crippen molar-refractivity contribution in [2.75, 3.05) is 19.7 Å². The Labute approximate surface area is 228 Å². The molecule has 1 saturated heterocycles. The second kappa shape index (κ2) is 10.1. The van der Waals surface area contributed by atoms with Gasteiger partial charge in [0.2, 0.25) is 0 Å². The third-order valence-corrected chi connectivity index (χ3v) is 7.98. The van der Waals surface area contributed by atoms with Crippen molar-refractivity contribution in [1.82, 2.24) is 9.47 Å². The fourth-order valence-corrected chi connectivity index (χ4v) is 5.98. The first-order chi connectivity index (χ1) is 19.3. The zero-order chi connectivity index (χ0) is 28.0. The van der Waals surface area contributed by atoms with Gasteiger partial charge in [-0.15, -0.1) is 0 Å². The van der Waals surface area contributed by atoms with E-state index in [0.29, 0.717) is 43.0 Å². The van der Waals surface area contributed by atoms with Crippen molar-refractivity contribution < 1.29 is 18.9 Å². The van der Waals surface area contributed by atoms with Crippen molar-refractivity contribution >= 4 is 22.6 Å². The lowest BCUT2D eigenvalue weighted by Crippen LogP contribution is -2.50. The van der Waals surface area contributed by atoms with Crippen LogP contribution in [-0.4, -0.2) is 40.0 Å². The van der Waals surface area contributed by atoms with Crippen LogP contribution in [0.3, 0.4) is 0 Å². The Morgan fingerprint density at radius 2 is 1.88 bits per heavy atom. The zero-order valence-corrected chi connectivity index (χ0v) is 21.9. The molecule has 2 aromatic heterocycles. The molecule has 1 amide bonds. The molecule has 0 saturated carbocycles. The Hall–Kier alpha value is -4.73. The molecule has 40 heavy (non-hydrogen) atoms. The van der Waals surface area contributed by atoms with Gasteiger partial charge in [-0.25, -0.2) is 4.79 Å². The van der Waals surface area contributed by atoms with Gasteiger partial charge in [0.15, 0.2) is 6.61 Å². The molecule has 6 rings (SSSR count). The highest BCUT2D eigenvalue weighted by molar-refractivity contribution is 5.83.